The van der Waals surface area contributed by atoms with Crippen molar-refractivity contribution in [2.75, 3.05) is 13.6 Å². The molecule has 1 amide bonds. The number of hydrogen-bond donors (Lipinski definition) is 3. The Bertz CT molecular complexity index is 1580. The van der Waals surface area contributed by atoms with Gasteiger partial charge in [0.1, 0.15) is 23.2 Å². The van der Waals surface area contributed by atoms with Crippen LogP contribution in [0.1, 0.15) is 78.9 Å². The van der Waals surface area contributed by atoms with Crippen LogP contribution in [0.15, 0.2) is 24.0 Å². The molecule has 13 nitrogen and oxygen atoms in total. The standard InChI is InChI=1S/C35H50N2O11Si/c1-19(36-29(40)23(18-25(38)39)45-31(42)47-32(2,3)4)30(41)44-22-13-14-35(43)24-17-20-11-12-21(48-49(9,10)33(5,6)7)27-26(20)34(35,28(22)46-27)15-16-37(24)8/h11-13,19,23-24,28,43H,14-18H2,1-10H3,(H,36,40)(H,38,39)/t19-,23?,24+,28-,34-,35+/m0/s1. The molecule has 14 heteroatoms. The zero-order chi connectivity index (χ0) is 36.5. The van der Waals surface area contributed by atoms with E-state index in [0.29, 0.717) is 30.9 Å². The number of likely N-dealkylation sites (N-methyl/N-ethyl adjacent to an activating group) is 1. The van der Waals surface area contributed by atoms with Crippen molar-refractivity contribution in [3.8, 4) is 11.5 Å². The van der Waals surface area contributed by atoms with Gasteiger partial charge in [-0.15, -0.1) is 0 Å². The van der Waals surface area contributed by atoms with Crippen LogP contribution >= 0.6 is 0 Å². The van der Waals surface area contributed by atoms with Gasteiger partial charge in [0, 0.05) is 18.0 Å². The lowest BCUT2D eigenvalue weighted by Gasteiger charge is -2.61. The summed E-state index contributed by atoms with van der Waals surface area (Å²) in [6, 6.07) is 2.55. The number of benzene rings is 1. The van der Waals surface area contributed by atoms with Gasteiger partial charge in [0.05, 0.1) is 17.4 Å². The van der Waals surface area contributed by atoms with Gasteiger partial charge in [0.2, 0.25) is 0 Å². The molecule has 2 heterocycles. The van der Waals surface area contributed by atoms with E-state index < -0.39 is 73.6 Å². The van der Waals surface area contributed by atoms with Crippen molar-refractivity contribution < 1.29 is 52.8 Å². The van der Waals surface area contributed by atoms with Gasteiger partial charge in [0.15, 0.2) is 18.0 Å². The molecule has 3 N–H and O–H groups in total. The van der Waals surface area contributed by atoms with E-state index in [0.717, 1.165) is 11.1 Å². The summed E-state index contributed by atoms with van der Waals surface area (Å²) in [5.74, 6) is -1.85. The monoisotopic (exact) mass is 702 g/mol. The Morgan fingerprint density at radius 3 is 2.43 bits per heavy atom. The number of rotatable bonds is 9. The second-order valence-electron chi connectivity index (χ2n) is 16.3. The van der Waals surface area contributed by atoms with Gasteiger partial charge in [-0.2, -0.15) is 0 Å². The number of carbonyl (C=O) groups is 4. The molecule has 49 heavy (non-hydrogen) atoms. The quantitative estimate of drug-likeness (QED) is 0.248. The topological polar surface area (TPSA) is 170 Å². The smallest absolute Gasteiger partial charge is 0.509 e. The summed E-state index contributed by atoms with van der Waals surface area (Å²) in [4.78, 5) is 52.4. The maximum absolute atomic E-state index is 13.5. The number of carbonyl (C=O) groups excluding carboxylic acids is 3. The minimum absolute atomic E-state index is 0.0821. The molecule has 2 bridgehead atoms. The SMILES string of the molecule is C[C@H](NC(=O)C(CC(=O)O)OC(=O)OC(C)(C)C)C(=O)OC1=CC[C@@]2(O)[C@H]3Cc4ccc(O[Si](C)(C)C(C)(C)C)c5c4[C@@]2(CCN3C)[C@H]1O5. The summed E-state index contributed by atoms with van der Waals surface area (Å²) < 4.78 is 29.6. The number of likely N-dealkylation sites (tertiary alicyclic amines) is 1. The predicted octanol–water partition coefficient (Wildman–Crippen LogP) is 4.19. The molecule has 1 aromatic rings. The van der Waals surface area contributed by atoms with Crippen LogP contribution in [0.4, 0.5) is 4.79 Å². The lowest BCUT2D eigenvalue weighted by molar-refractivity contribution is -0.170. The maximum atomic E-state index is 13.5. The third-order valence-electron chi connectivity index (χ3n) is 10.7. The average Bonchev–Trinajstić information content (AvgIpc) is 3.31. The number of esters is 1. The second kappa shape index (κ2) is 12.3. The van der Waals surface area contributed by atoms with Crippen molar-refractivity contribution in [2.24, 2.45) is 0 Å². The van der Waals surface area contributed by atoms with Gasteiger partial charge in [0.25, 0.3) is 14.2 Å². The van der Waals surface area contributed by atoms with Crippen LogP contribution in [-0.4, -0.2) is 96.5 Å². The van der Waals surface area contributed by atoms with Crippen molar-refractivity contribution >= 4 is 32.3 Å². The van der Waals surface area contributed by atoms with Gasteiger partial charge in [-0.25, -0.2) is 9.59 Å². The molecule has 2 aliphatic heterocycles. The number of carboxylic acid groups (broad SMARTS) is 1. The summed E-state index contributed by atoms with van der Waals surface area (Å²) in [6.07, 6.45) is -1.59. The number of ether oxygens (including phenoxy) is 4. The molecule has 0 saturated carbocycles. The van der Waals surface area contributed by atoms with Gasteiger partial charge >= 0.3 is 18.1 Å². The summed E-state index contributed by atoms with van der Waals surface area (Å²) in [5, 5.41) is 24.2. The van der Waals surface area contributed by atoms with E-state index in [-0.39, 0.29) is 23.3 Å². The molecule has 1 unspecified atom stereocenters. The predicted molar refractivity (Wildman–Crippen MR) is 180 cm³/mol. The molecule has 0 aromatic heterocycles. The van der Waals surface area contributed by atoms with E-state index in [9.17, 15) is 29.4 Å². The summed E-state index contributed by atoms with van der Waals surface area (Å²) in [6.45, 7) is 17.6. The molecule has 5 rings (SSSR count). The molecule has 4 aliphatic rings. The number of hydrogen-bond acceptors (Lipinski definition) is 11. The van der Waals surface area contributed by atoms with Crippen molar-refractivity contribution in [1.29, 1.82) is 0 Å². The molecule has 1 fully saturated rings. The molecule has 2 aliphatic carbocycles. The Morgan fingerprint density at radius 1 is 1.14 bits per heavy atom. The van der Waals surface area contributed by atoms with Crippen LogP contribution in [0.3, 0.4) is 0 Å². The summed E-state index contributed by atoms with van der Waals surface area (Å²) in [5.41, 5.74) is -1.10. The Balaban J connectivity index is 1.41. The van der Waals surface area contributed by atoms with Gasteiger partial charge in [-0.05, 0) is 90.0 Å². The minimum Gasteiger partial charge on any atom is -0.541 e. The number of amides is 1. The zero-order valence-electron chi connectivity index (χ0n) is 30.1. The van der Waals surface area contributed by atoms with Crippen molar-refractivity contribution in [3.05, 3.63) is 35.1 Å². The first-order valence-corrected chi connectivity index (χ1v) is 19.7. The number of piperidine rings is 1. The van der Waals surface area contributed by atoms with E-state index in [1.807, 2.05) is 13.1 Å². The Kier molecular flexibility index (Phi) is 9.20. The van der Waals surface area contributed by atoms with Crippen LogP contribution in [0.25, 0.3) is 0 Å². The molecule has 0 radical (unpaired) electrons. The van der Waals surface area contributed by atoms with Crippen LogP contribution < -0.4 is 14.5 Å². The van der Waals surface area contributed by atoms with Crippen LogP contribution in [-0.2, 0) is 40.4 Å². The van der Waals surface area contributed by atoms with E-state index in [4.69, 9.17) is 23.4 Å². The van der Waals surface area contributed by atoms with Gasteiger partial charge in [-0.1, -0.05) is 26.8 Å². The first-order valence-electron chi connectivity index (χ1n) is 16.8. The average molecular weight is 703 g/mol. The van der Waals surface area contributed by atoms with E-state index in [2.05, 4.69) is 50.1 Å². The number of aliphatic carboxylic acids is 1. The molecular weight excluding hydrogens is 652 g/mol. The lowest BCUT2D eigenvalue weighted by atomic mass is 9.50. The van der Waals surface area contributed by atoms with E-state index in [1.165, 1.54) is 6.92 Å². The molecule has 270 valence electrons. The molecule has 1 saturated heterocycles. The Hall–Kier alpha value is -3.62. The Morgan fingerprint density at radius 2 is 1.82 bits per heavy atom. The summed E-state index contributed by atoms with van der Waals surface area (Å²) in [7, 11) is -0.291. The van der Waals surface area contributed by atoms with Gasteiger partial charge in [-0.3, -0.25) is 9.59 Å². The number of carboxylic acids is 1. The third kappa shape index (κ3) is 6.42. The highest BCUT2D eigenvalue weighted by Crippen LogP contribution is 2.65. The first-order chi connectivity index (χ1) is 22.5. The fourth-order valence-corrected chi connectivity index (χ4v) is 8.26. The van der Waals surface area contributed by atoms with E-state index in [1.54, 1.807) is 26.8 Å². The fraction of sp³-hybridized carbons (Fsp3) is 0.657. The second-order valence-corrected chi connectivity index (χ2v) is 21.0. The fourth-order valence-electron chi connectivity index (χ4n) is 7.24. The highest BCUT2D eigenvalue weighted by Gasteiger charge is 2.72. The van der Waals surface area contributed by atoms with Crippen LogP contribution in [0.5, 0.6) is 11.5 Å². The normalized spacial score (nSPS) is 27.0. The largest absolute Gasteiger partial charge is 0.541 e. The highest BCUT2D eigenvalue weighted by atomic mass is 28.4. The molecule has 6 atom stereocenters. The van der Waals surface area contributed by atoms with Gasteiger partial charge < -0.3 is 43.8 Å². The van der Waals surface area contributed by atoms with Crippen molar-refractivity contribution in [1.82, 2.24) is 10.2 Å². The van der Waals surface area contributed by atoms with Crippen molar-refractivity contribution in [2.45, 2.75) is 133 Å². The minimum atomic E-state index is -2.30. The Labute approximate surface area is 288 Å². The number of aliphatic hydroxyl groups is 1. The number of nitrogens with zero attached hydrogens (tertiary/aromatic N) is 1. The van der Waals surface area contributed by atoms with Crippen LogP contribution in [0, 0.1) is 0 Å². The van der Waals surface area contributed by atoms with E-state index >= 15 is 0 Å². The molecule has 1 spiro atoms. The summed E-state index contributed by atoms with van der Waals surface area (Å²) >= 11 is 0. The van der Waals surface area contributed by atoms with Crippen molar-refractivity contribution in [3.63, 3.8) is 0 Å². The zero-order valence-corrected chi connectivity index (χ0v) is 31.1. The van der Waals surface area contributed by atoms with Crippen LogP contribution in [0.2, 0.25) is 18.1 Å². The maximum Gasteiger partial charge on any atom is 0.509 e. The molecule has 1 aromatic carbocycles. The first kappa shape index (κ1) is 36.7. The number of nitrogens with one attached hydrogen (secondary N) is 1. The highest BCUT2D eigenvalue weighted by molar-refractivity contribution is 6.74. The molecular formula is C35H50N2O11Si. The lowest BCUT2D eigenvalue weighted by Crippen LogP contribution is -2.74. The third-order valence-corrected chi connectivity index (χ3v) is 15.1.